The van der Waals surface area contributed by atoms with Crippen molar-refractivity contribution in [2.24, 2.45) is 5.92 Å². The highest BCUT2D eigenvalue weighted by molar-refractivity contribution is 7.86. The van der Waals surface area contributed by atoms with E-state index in [0.29, 0.717) is 6.54 Å². The van der Waals surface area contributed by atoms with Crippen molar-refractivity contribution in [3.8, 4) is 6.07 Å². The summed E-state index contributed by atoms with van der Waals surface area (Å²) in [6.07, 6.45) is 1.63. The number of hydrogen-bond donors (Lipinski definition) is 0. The summed E-state index contributed by atoms with van der Waals surface area (Å²) in [6.45, 7) is 4.35. The fraction of sp³-hybridized carbons (Fsp3) is 0.692. The van der Waals surface area contributed by atoms with Crippen molar-refractivity contribution in [2.75, 3.05) is 20.1 Å². The predicted molar refractivity (Wildman–Crippen MR) is 81.9 cm³/mol. The third-order valence-corrected chi connectivity index (χ3v) is 6.38. The maximum atomic E-state index is 12.7. The van der Waals surface area contributed by atoms with Gasteiger partial charge in [0.05, 0.1) is 28.7 Å². The first-order valence-electron chi connectivity index (χ1n) is 6.91. The van der Waals surface area contributed by atoms with Crippen LogP contribution in [0.2, 0.25) is 0 Å². The van der Waals surface area contributed by atoms with Gasteiger partial charge in [0.15, 0.2) is 0 Å². The maximum absolute atomic E-state index is 12.7. The molecule has 0 radical (unpaired) electrons. The third-order valence-electron chi connectivity index (χ3n) is 3.62. The zero-order valence-corrected chi connectivity index (χ0v) is 14.1. The lowest BCUT2D eigenvalue weighted by Gasteiger charge is -2.28. The molecule has 2 rings (SSSR count). The average molecular weight is 328 g/mol. The molecule has 1 aliphatic heterocycles. The van der Waals surface area contributed by atoms with Gasteiger partial charge in [0.2, 0.25) is 0 Å². The van der Waals surface area contributed by atoms with E-state index in [0.717, 1.165) is 23.5 Å². The Morgan fingerprint density at radius 3 is 2.95 bits per heavy atom. The lowest BCUT2D eigenvalue weighted by atomic mass is 10.2. The monoisotopic (exact) mass is 328 g/mol. The summed E-state index contributed by atoms with van der Waals surface area (Å²) in [5.74, 6) is -0.327. The Hall–Kier alpha value is -1.01. The molecule has 6 nitrogen and oxygen atoms in total. The highest BCUT2D eigenvalue weighted by Gasteiger charge is 2.38. The van der Waals surface area contributed by atoms with Gasteiger partial charge in [-0.2, -0.15) is 22.3 Å². The van der Waals surface area contributed by atoms with Crippen molar-refractivity contribution in [1.29, 1.82) is 5.26 Å². The van der Waals surface area contributed by atoms with E-state index >= 15 is 0 Å². The average Bonchev–Trinajstić information content (AvgIpc) is 3.06. The van der Waals surface area contributed by atoms with Crippen LogP contribution >= 0.6 is 11.3 Å². The largest absolute Gasteiger partial charge is 0.282 e. The number of nitrogens with zero attached hydrogens (tertiary/aromatic N) is 4. The first kappa shape index (κ1) is 16.4. The zero-order chi connectivity index (χ0) is 15.6. The van der Waals surface area contributed by atoms with Gasteiger partial charge < -0.3 is 0 Å². The minimum absolute atomic E-state index is 0.181. The topological polar surface area (TPSA) is 77.3 Å². The van der Waals surface area contributed by atoms with Crippen LogP contribution in [0.1, 0.15) is 36.5 Å². The van der Waals surface area contributed by atoms with Gasteiger partial charge in [-0.15, -0.1) is 11.3 Å². The fourth-order valence-corrected chi connectivity index (χ4v) is 4.87. The van der Waals surface area contributed by atoms with Gasteiger partial charge in [-0.1, -0.05) is 0 Å². The Morgan fingerprint density at radius 2 is 2.38 bits per heavy atom. The minimum atomic E-state index is -3.55. The predicted octanol–water partition coefficient (Wildman–Crippen LogP) is 1.92. The fourth-order valence-electron chi connectivity index (χ4n) is 2.54. The van der Waals surface area contributed by atoms with E-state index in [-0.39, 0.29) is 18.5 Å². The summed E-state index contributed by atoms with van der Waals surface area (Å²) in [7, 11) is -2.02. The molecule has 1 saturated heterocycles. The molecular formula is C13H20N4O2S2. The van der Waals surface area contributed by atoms with Gasteiger partial charge >= 0.3 is 0 Å². The van der Waals surface area contributed by atoms with Gasteiger partial charge in [0.25, 0.3) is 10.2 Å². The summed E-state index contributed by atoms with van der Waals surface area (Å²) in [5.41, 5.74) is 0.834. The second-order valence-electron chi connectivity index (χ2n) is 5.38. The summed E-state index contributed by atoms with van der Waals surface area (Å²) >= 11 is 1.54. The van der Waals surface area contributed by atoms with Gasteiger partial charge in [-0.3, -0.25) is 0 Å². The van der Waals surface area contributed by atoms with Crippen molar-refractivity contribution in [3.05, 3.63) is 16.1 Å². The molecule has 1 aliphatic rings. The Morgan fingerprint density at radius 1 is 1.67 bits per heavy atom. The smallest absolute Gasteiger partial charge is 0.245 e. The lowest BCUT2D eigenvalue weighted by molar-refractivity contribution is 0.336. The molecule has 8 heteroatoms. The molecule has 0 amide bonds. The molecule has 116 valence electrons. The van der Waals surface area contributed by atoms with E-state index in [1.807, 2.05) is 12.3 Å². The van der Waals surface area contributed by atoms with Crippen molar-refractivity contribution in [3.63, 3.8) is 0 Å². The van der Waals surface area contributed by atoms with Crippen LogP contribution in [0.3, 0.4) is 0 Å². The number of aryl methyl sites for hydroxylation is 1. The summed E-state index contributed by atoms with van der Waals surface area (Å²) < 4.78 is 28.2. The first-order chi connectivity index (χ1) is 9.86. The molecular weight excluding hydrogens is 308 g/mol. The molecule has 0 spiro atoms. The van der Waals surface area contributed by atoms with Crippen molar-refractivity contribution < 1.29 is 8.42 Å². The van der Waals surface area contributed by atoms with Crippen LogP contribution in [0.15, 0.2) is 5.38 Å². The molecule has 1 aromatic rings. The lowest BCUT2D eigenvalue weighted by Crippen LogP contribution is -2.43. The Kier molecular flexibility index (Phi) is 4.99. The van der Waals surface area contributed by atoms with Crippen molar-refractivity contribution in [1.82, 2.24) is 13.6 Å². The molecule has 1 aromatic heterocycles. The SMILES string of the molecule is Cc1nc([C@@H]2CCCN2S(=O)(=O)N(C)C[C@H](C)C#N)cs1. The number of aromatic nitrogens is 1. The summed E-state index contributed by atoms with van der Waals surface area (Å²) in [5, 5.41) is 11.7. The van der Waals surface area contributed by atoms with Crippen molar-refractivity contribution >= 4 is 21.5 Å². The standard InChI is InChI=1S/C13H20N4O2S2/c1-10(7-14)8-16(3)21(18,19)17-6-4-5-13(17)12-9-20-11(2)15-12/h9-10,13H,4-6,8H2,1-3H3/t10-,13+/m1/s1. The van der Waals surface area contributed by atoms with Crippen LogP contribution in [0.4, 0.5) is 0 Å². The molecule has 1 fully saturated rings. The van der Waals surface area contributed by atoms with E-state index < -0.39 is 10.2 Å². The second-order valence-corrected chi connectivity index (χ2v) is 8.43. The Balaban J connectivity index is 2.20. The zero-order valence-electron chi connectivity index (χ0n) is 12.5. The molecule has 2 atom stereocenters. The molecule has 0 bridgehead atoms. The Bertz CT molecular complexity index is 635. The van der Waals surface area contributed by atoms with E-state index in [1.54, 1.807) is 6.92 Å². The van der Waals surface area contributed by atoms with E-state index in [4.69, 9.17) is 5.26 Å². The quantitative estimate of drug-likeness (QED) is 0.827. The summed E-state index contributed by atoms with van der Waals surface area (Å²) in [6, 6.07) is 1.89. The van der Waals surface area contributed by atoms with Crippen molar-refractivity contribution in [2.45, 2.75) is 32.7 Å². The normalized spacial score (nSPS) is 21.6. The number of thiazole rings is 1. The van der Waals surface area contributed by atoms with Gasteiger partial charge in [-0.25, -0.2) is 4.98 Å². The number of rotatable bonds is 5. The molecule has 0 saturated carbocycles. The molecule has 0 aromatic carbocycles. The van der Waals surface area contributed by atoms with Crippen LogP contribution in [0.5, 0.6) is 0 Å². The highest BCUT2D eigenvalue weighted by Crippen LogP contribution is 2.35. The molecule has 2 heterocycles. The van der Waals surface area contributed by atoms with E-state index in [9.17, 15) is 8.42 Å². The minimum Gasteiger partial charge on any atom is -0.245 e. The maximum Gasteiger partial charge on any atom is 0.282 e. The second kappa shape index (κ2) is 6.40. The molecule has 0 N–H and O–H groups in total. The van der Waals surface area contributed by atoms with Crippen LogP contribution in [-0.2, 0) is 10.2 Å². The highest BCUT2D eigenvalue weighted by atomic mass is 32.2. The van der Waals surface area contributed by atoms with E-state index in [2.05, 4.69) is 11.1 Å². The molecule has 0 unspecified atom stereocenters. The number of nitriles is 1. The van der Waals surface area contributed by atoms with Gasteiger partial charge in [0, 0.05) is 25.5 Å². The van der Waals surface area contributed by atoms with Crippen LogP contribution in [0, 0.1) is 24.2 Å². The Labute approximate surface area is 130 Å². The van der Waals surface area contributed by atoms with Gasteiger partial charge in [-0.05, 0) is 26.7 Å². The molecule has 0 aliphatic carbocycles. The van der Waals surface area contributed by atoms with Gasteiger partial charge in [0.1, 0.15) is 0 Å². The van der Waals surface area contributed by atoms with E-state index in [1.165, 1.54) is 27.0 Å². The van der Waals surface area contributed by atoms with Crippen LogP contribution in [-0.4, -0.2) is 42.1 Å². The first-order valence-corrected chi connectivity index (χ1v) is 9.18. The summed E-state index contributed by atoms with van der Waals surface area (Å²) in [4.78, 5) is 4.43. The van der Waals surface area contributed by atoms with Crippen LogP contribution in [0.25, 0.3) is 0 Å². The molecule has 21 heavy (non-hydrogen) atoms. The third kappa shape index (κ3) is 3.43. The van der Waals surface area contributed by atoms with Crippen LogP contribution < -0.4 is 0 Å². The number of hydrogen-bond acceptors (Lipinski definition) is 5.